The van der Waals surface area contributed by atoms with Crippen molar-refractivity contribution in [1.29, 1.82) is 0 Å². The molecule has 1 unspecified atom stereocenters. The molecule has 0 aromatic heterocycles. The molecule has 1 atom stereocenters. The summed E-state index contributed by atoms with van der Waals surface area (Å²) in [6.07, 6.45) is 11.0. The van der Waals surface area contributed by atoms with Gasteiger partial charge in [-0.25, -0.2) is 4.79 Å². The average Bonchev–Trinajstić information content (AvgIpc) is 2.42. The number of amides is 1. The first-order chi connectivity index (χ1) is 9.61. The quantitative estimate of drug-likeness (QED) is 0.511. The van der Waals surface area contributed by atoms with Crippen molar-refractivity contribution >= 4 is 23.6 Å². The first kappa shape index (κ1) is 19.3. The number of aliphatic carboxylic acids is 1. The Kier molecular flexibility index (Phi) is 12.8. The predicted octanol–water partition coefficient (Wildman–Crippen LogP) is 3.45. The number of carboxylic acids is 1. The van der Waals surface area contributed by atoms with Crippen molar-refractivity contribution in [3.63, 3.8) is 0 Å². The summed E-state index contributed by atoms with van der Waals surface area (Å²) >= 11 is 1.59. The van der Waals surface area contributed by atoms with E-state index in [1.54, 1.807) is 11.8 Å². The molecule has 5 heteroatoms. The van der Waals surface area contributed by atoms with Gasteiger partial charge in [0, 0.05) is 6.42 Å². The zero-order valence-electron chi connectivity index (χ0n) is 12.8. The second-order valence-electron chi connectivity index (χ2n) is 5.11. The van der Waals surface area contributed by atoms with Gasteiger partial charge in [-0.1, -0.05) is 45.4 Å². The molecule has 2 N–H and O–H groups in total. The van der Waals surface area contributed by atoms with Crippen LogP contribution in [0.15, 0.2) is 0 Å². The van der Waals surface area contributed by atoms with Crippen LogP contribution in [0.3, 0.4) is 0 Å². The smallest absolute Gasteiger partial charge is 0.326 e. The molecule has 0 spiro atoms. The highest BCUT2D eigenvalue weighted by Gasteiger charge is 2.18. The lowest BCUT2D eigenvalue weighted by molar-refractivity contribution is -0.141. The van der Waals surface area contributed by atoms with Crippen LogP contribution in [0.2, 0.25) is 0 Å². The van der Waals surface area contributed by atoms with Crippen molar-refractivity contribution in [2.24, 2.45) is 0 Å². The normalized spacial score (nSPS) is 12.1. The van der Waals surface area contributed by atoms with Gasteiger partial charge in [-0.3, -0.25) is 4.79 Å². The fourth-order valence-corrected chi connectivity index (χ4v) is 2.47. The predicted molar refractivity (Wildman–Crippen MR) is 85.2 cm³/mol. The lowest BCUT2D eigenvalue weighted by Gasteiger charge is -2.13. The van der Waals surface area contributed by atoms with Crippen LogP contribution in [0.4, 0.5) is 0 Å². The molecule has 1 amide bonds. The molecule has 0 fully saturated rings. The van der Waals surface area contributed by atoms with E-state index in [9.17, 15) is 9.59 Å². The fraction of sp³-hybridized carbons (Fsp3) is 0.867. The van der Waals surface area contributed by atoms with Gasteiger partial charge in [-0.15, -0.1) is 0 Å². The van der Waals surface area contributed by atoms with Crippen LogP contribution in [0, 0.1) is 0 Å². The molecule has 0 aliphatic heterocycles. The standard InChI is InChI=1S/C15H29NO3S/c1-3-4-5-6-7-8-9-10-14(17)16-13(15(18)19)11-12-20-2/h13H,3-12H2,1-2H3,(H,16,17)(H,18,19). The van der Waals surface area contributed by atoms with Gasteiger partial charge in [0.25, 0.3) is 0 Å². The van der Waals surface area contributed by atoms with Gasteiger partial charge >= 0.3 is 5.97 Å². The molecule has 0 saturated heterocycles. The number of hydrogen-bond donors (Lipinski definition) is 2. The molecule has 0 heterocycles. The molecule has 4 nitrogen and oxygen atoms in total. The Morgan fingerprint density at radius 3 is 2.25 bits per heavy atom. The van der Waals surface area contributed by atoms with E-state index in [1.165, 1.54) is 32.1 Å². The number of rotatable bonds is 13. The molecule has 20 heavy (non-hydrogen) atoms. The highest BCUT2D eigenvalue weighted by atomic mass is 32.2. The van der Waals surface area contributed by atoms with Crippen molar-refractivity contribution in [1.82, 2.24) is 5.32 Å². The summed E-state index contributed by atoms with van der Waals surface area (Å²) in [7, 11) is 0. The first-order valence-electron chi connectivity index (χ1n) is 7.63. The van der Waals surface area contributed by atoms with Crippen molar-refractivity contribution in [2.75, 3.05) is 12.0 Å². The molecule has 0 saturated carbocycles. The minimum atomic E-state index is -0.938. The van der Waals surface area contributed by atoms with Crippen LogP contribution >= 0.6 is 11.8 Å². The third-order valence-electron chi connectivity index (χ3n) is 3.25. The Morgan fingerprint density at radius 2 is 1.70 bits per heavy atom. The van der Waals surface area contributed by atoms with Gasteiger partial charge in [-0.2, -0.15) is 11.8 Å². The van der Waals surface area contributed by atoms with Crippen molar-refractivity contribution in [3.8, 4) is 0 Å². The van der Waals surface area contributed by atoms with Crippen LogP contribution in [0.5, 0.6) is 0 Å². The molecule has 0 aliphatic rings. The van der Waals surface area contributed by atoms with Gasteiger partial charge in [0.2, 0.25) is 5.91 Å². The molecule has 0 rings (SSSR count). The van der Waals surface area contributed by atoms with E-state index in [-0.39, 0.29) is 5.91 Å². The van der Waals surface area contributed by atoms with E-state index < -0.39 is 12.0 Å². The number of carboxylic acid groups (broad SMARTS) is 1. The molecule has 118 valence electrons. The Morgan fingerprint density at radius 1 is 1.10 bits per heavy atom. The monoisotopic (exact) mass is 303 g/mol. The average molecular weight is 303 g/mol. The van der Waals surface area contributed by atoms with Gasteiger partial charge < -0.3 is 10.4 Å². The second kappa shape index (κ2) is 13.3. The van der Waals surface area contributed by atoms with Gasteiger partial charge in [-0.05, 0) is 24.9 Å². The molecular formula is C15H29NO3S. The van der Waals surface area contributed by atoms with Crippen LogP contribution in [0.1, 0.15) is 64.7 Å². The van der Waals surface area contributed by atoms with Crippen LogP contribution in [-0.4, -0.2) is 35.0 Å². The Labute approximate surface area is 127 Å². The highest BCUT2D eigenvalue weighted by molar-refractivity contribution is 7.98. The zero-order valence-corrected chi connectivity index (χ0v) is 13.6. The Balaban J connectivity index is 3.66. The number of nitrogens with one attached hydrogen (secondary N) is 1. The highest BCUT2D eigenvalue weighted by Crippen LogP contribution is 2.08. The van der Waals surface area contributed by atoms with Gasteiger partial charge in [0.05, 0.1) is 0 Å². The lowest BCUT2D eigenvalue weighted by Crippen LogP contribution is -2.41. The number of carbonyl (C=O) groups excluding carboxylic acids is 1. The minimum Gasteiger partial charge on any atom is -0.480 e. The Hall–Kier alpha value is -0.710. The molecule has 0 bridgehead atoms. The van der Waals surface area contributed by atoms with E-state index in [2.05, 4.69) is 12.2 Å². The second-order valence-corrected chi connectivity index (χ2v) is 6.10. The summed E-state index contributed by atoms with van der Waals surface area (Å²) in [4.78, 5) is 22.7. The molecule has 0 radical (unpaired) electrons. The number of thioether (sulfide) groups is 1. The maximum Gasteiger partial charge on any atom is 0.326 e. The van der Waals surface area contributed by atoms with E-state index in [1.807, 2.05) is 6.26 Å². The maximum atomic E-state index is 11.7. The van der Waals surface area contributed by atoms with E-state index in [0.717, 1.165) is 18.6 Å². The molecular weight excluding hydrogens is 274 g/mol. The SMILES string of the molecule is CCCCCCCCCC(=O)NC(CCSC)C(=O)O. The van der Waals surface area contributed by atoms with E-state index in [4.69, 9.17) is 5.11 Å². The number of hydrogen-bond acceptors (Lipinski definition) is 3. The third kappa shape index (κ3) is 11.1. The summed E-state index contributed by atoms with van der Waals surface area (Å²) in [6, 6.07) is -0.737. The van der Waals surface area contributed by atoms with Crippen molar-refractivity contribution in [2.45, 2.75) is 70.8 Å². The fourth-order valence-electron chi connectivity index (χ4n) is 2.00. The maximum absolute atomic E-state index is 11.7. The number of carbonyl (C=O) groups is 2. The summed E-state index contributed by atoms with van der Waals surface area (Å²) in [6.45, 7) is 2.19. The lowest BCUT2D eigenvalue weighted by atomic mass is 10.1. The number of unbranched alkanes of at least 4 members (excludes halogenated alkanes) is 6. The zero-order chi connectivity index (χ0) is 15.2. The van der Waals surface area contributed by atoms with Crippen LogP contribution in [-0.2, 0) is 9.59 Å². The Bertz CT molecular complexity index is 272. The van der Waals surface area contributed by atoms with E-state index >= 15 is 0 Å². The molecule has 0 aliphatic carbocycles. The molecule has 0 aromatic rings. The summed E-state index contributed by atoms with van der Waals surface area (Å²) < 4.78 is 0. The minimum absolute atomic E-state index is 0.132. The van der Waals surface area contributed by atoms with Crippen LogP contribution in [0.25, 0.3) is 0 Å². The van der Waals surface area contributed by atoms with Gasteiger partial charge in [0.15, 0.2) is 0 Å². The molecule has 0 aromatic carbocycles. The summed E-state index contributed by atoms with van der Waals surface area (Å²) in [5.41, 5.74) is 0. The summed E-state index contributed by atoms with van der Waals surface area (Å²) in [5.74, 6) is -0.326. The largest absolute Gasteiger partial charge is 0.480 e. The van der Waals surface area contributed by atoms with E-state index in [0.29, 0.717) is 12.8 Å². The first-order valence-corrected chi connectivity index (χ1v) is 9.02. The summed E-state index contributed by atoms with van der Waals surface area (Å²) in [5, 5.41) is 11.6. The van der Waals surface area contributed by atoms with Crippen molar-refractivity contribution in [3.05, 3.63) is 0 Å². The van der Waals surface area contributed by atoms with Gasteiger partial charge in [0.1, 0.15) is 6.04 Å². The topological polar surface area (TPSA) is 66.4 Å². The van der Waals surface area contributed by atoms with Crippen molar-refractivity contribution < 1.29 is 14.7 Å². The van der Waals surface area contributed by atoms with Crippen LogP contribution < -0.4 is 5.32 Å². The third-order valence-corrected chi connectivity index (χ3v) is 3.90.